The number of amides is 1. The third kappa shape index (κ3) is 5.14. The van der Waals surface area contributed by atoms with Crippen LogP contribution in [0.25, 0.3) is 0 Å². The molecule has 2 aromatic carbocycles. The van der Waals surface area contributed by atoms with E-state index in [4.69, 9.17) is 32.7 Å². The van der Waals surface area contributed by atoms with Crippen molar-refractivity contribution in [2.45, 2.75) is 6.04 Å². The highest BCUT2D eigenvalue weighted by Crippen LogP contribution is 2.34. The molecule has 1 amide bonds. The van der Waals surface area contributed by atoms with Crippen molar-refractivity contribution in [3.8, 4) is 5.75 Å². The van der Waals surface area contributed by atoms with Crippen LogP contribution in [0.3, 0.4) is 0 Å². The average Bonchev–Trinajstić information content (AvgIpc) is 2.68. The lowest BCUT2D eigenvalue weighted by atomic mass is 10.1. The number of carbonyl (C=O) groups is 1. The first-order valence-corrected chi connectivity index (χ1v) is 9.53. The molecule has 1 atom stereocenters. The molecule has 1 aliphatic rings. The smallest absolute Gasteiger partial charge is 0.251 e. The molecular weight excluding hydrogens is 387 g/mol. The molecule has 7 heteroatoms. The minimum atomic E-state index is -0.233. The van der Waals surface area contributed by atoms with Gasteiger partial charge in [-0.25, -0.2) is 0 Å². The summed E-state index contributed by atoms with van der Waals surface area (Å²) < 4.78 is 10.6. The minimum Gasteiger partial charge on any atom is -0.494 e. The molecule has 0 bridgehead atoms. The van der Waals surface area contributed by atoms with Gasteiger partial charge in [0, 0.05) is 25.2 Å². The highest BCUT2D eigenvalue weighted by Gasteiger charge is 2.22. The van der Waals surface area contributed by atoms with E-state index in [1.165, 1.54) is 7.11 Å². The molecule has 0 spiro atoms. The van der Waals surface area contributed by atoms with Crippen LogP contribution >= 0.6 is 23.2 Å². The molecule has 0 unspecified atom stereocenters. The summed E-state index contributed by atoms with van der Waals surface area (Å²) in [6.07, 6.45) is 0. The average molecular weight is 409 g/mol. The molecule has 0 radical (unpaired) electrons. The predicted octanol–water partition coefficient (Wildman–Crippen LogP) is 3.81. The lowest BCUT2D eigenvalue weighted by molar-refractivity contribution is 0.0332. The van der Waals surface area contributed by atoms with E-state index in [0.717, 1.165) is 18.7 Å². The van der Waals surface area contributed by atoms with E-state index in [2.05, 4.69) is 10.2 Å². The zero-order chi connectivity index (χ0) is 19.2. The van der Waals surface area contributed by atoms with E-state index >= 15 is 0 Å². The quantitative estimate of drug-likeness (QED) is 0.789. The third-order valence-electron chi connectivity index (χ3n) is 4.52. The normalized spacial score (nSPS) is 16.0. The first-order chi connectivity index (χ1) is 13.1. The van der Waals surface area contributed by atoms with Gasteiger partial charge in [0.2, 0.25) is 0 Å². The number of halogens is 2. The Kier molecular flexibility index (Phi) is 6.96. The molecule has 3 rings (SSSR count). The van der Waals surface area contributed by atoms with Crippen molar-refractivity contribution in [3.05, 3.63) is 63.6 Å². The number of hydrogen-bond donors (Lipinski definition) is 1. The molecule has 1 N–H and O–H groups in total. The monoisotopic (exact) mass is 408 g/mol. The molecule has 0 aliphatic carbocycles. The first kappa shape index (κ1) is 20.0. The second-order valence-corrected chi connectivity index (χ2v) is 7.14. The second kappa shape index (κ2) is 9.42. The maximum absolute atomic E-state index is 12.9. The highest BCUT2D eigenvalue weighted by molar-refractivity contribution is 6.37. The van der Waals surface area contributed by atoms with Crippen LogP contribution in [0.5, 0.6) is 5.75 Å². The Morgan fingerprint density at radius 3 is 2.41 bits per heavy atom. The summed E-state index contributed by atoms with van der Waals surface area (Å²) in [5, 5.41) is 3.72. The van der Waals surface area contributed by atoms with Crippen molar-refractivity contribution >= 4 is 29.1 Å². The van der Waals surface area contributed by atoms with E-state index in [-0.39, 0.29) is 11.9 Å². The van der Waals surface area contributed by atoms with Crippen LogP contribution in [0.2, 0.25) is 10.0 Å². The van der Waals surface area contributed by atoms with Gasteiger partial charge in [-0.2, -0.15) is 0 Å². The Bertz CT molecular complexity index is 757. The van der Waals surface area contributed by atoms with Gasteiger partial charge in [-0.15, -0.1) is 0 Å². The number of ether oxygens (including phenoxy) is 2. The Morgan fingerprint density at radius 1 is 1.19 bits per heavy atom. The van der Waals surface area contributed by atoms with Gasteiger partial charge in [-0.1, -0.05) is 53.5 Å². The van der Waals surface area contributed by atoms with Crippen LogP contribution in [0, 0.1) is 0 Å². The summed E-state index contributed by atoms with van der Waals surface area (Å²) in [6.45, 7) is 3.81. The van der Waals surface area contributed by atoms with Gasteiger partial charge in [0.15, 0.2) is 5.75 Å². The highest BCUT2D eigenvalue weighted by atomic mass is 35.5. The first-order valence-electron chi connectivity index (χ1n) is 8.77. The fraction of sp³-hybridized carbons (Fsp3) is 0.350. The minimum absolute atomic E-state index is 0.156. The van der Waals surface area contributed by atoms with Crippen LogP contribution in [0.4, 0.5) is 0 Å². The molecule has 144 valence electrons. The lowest BCUT2D eigenvalue weighted by Gasteiger charge is -2.31. The molecule has 0 saturated carbocycles. The second-order valence-electron chi connectivity index (χ2n) is 6.32. The summed E-state index contributed by atoms with van der Waals surface area (Å²) in [5.41, 5.74) is 1.44. The summed E-state index contributed by atoms with van der Waals surface area (Å²) >= 11 is 12.4. The van der Waals surface area contributed by atoms with Gasteiger partial charge >= 0.3 is 0 Å². The maximum atomic E-state index is 12.9. The van der Waals surface area contributed by atoms with E-state index in [9.17, 15) is 4.79 Å². The molecule has 0 aromatic heterocycles. The zero-order valence-electron chi connectivity index (χ0n) is 15.1. The number of methoxy groups -OCH3 is 1. The third-order valence-corrected chi connectivity index (χ3v) is 5.08. The van der Waals surface area contributed by atoms with Crippen LogP contribution in [-0.2, 0) is 4.74 Å². The Balaban J connectivity index is 1.79. The topological polar surface area (TPSA) is 50.8 Å². The fourth-order valence-electron chi connectivity index (χ4n) is 3.09. The van der Waals surface area contributed by atoms with Crippen LogP contribution in [0.1, 0.15) is 22.0 Å². The van der Waals surface area contributed by atoms with E-state index < -0.39 is 0 Å². The Hall–Kier alpha value is -1.79. The molecule has 5 nitrogen and oxygen atoms in total. The molecule has 2 aromatic rings. The number of benzene rings is 2. The Morgan fingerprint density at radius 2 is 1.81 bits per heavy atom. The molecule has 1 fully saturated rings. The van der Waals surface area contributed by atoms with E-state index in [0.29, 0.717) is 41.1 Å². The molecule has 27 heavy (non-hydrogen) atoms. The number of rotatable bonds is 6. The fourth-order valence-corrected chi connectivity index (χ4v) is 3.73. The van der Waals surface area contributed by atoms with Gasteiger partial charge < -0.3 is 14.8 Å². The largest absolute Gasteiger partial charge is 0.494 e. The summed E-state index contributed by atoms with van der Waals surface area (Å²) in [7, 11) is 1.49. The maximum Gasteiger partial charge on any atom is 0.251 e. The lowest BCUT2D eigenvalue weighted by Crippen LogP contribution is -2.43. The van der Waals surface area contributed by atoms with Crippen molar-refractivity contribution in [1.29, 1.82) is 0 Å². The van der Waals surface area contributed by atoms with Crippen LogP contribution < -0.4 is 10.1 Å². The van der Waals surface area contributed by atoms with Gasteiger partial charge in [0.1, 0.15) is 0 Å². The number of nitrogens with zero attached hydrogens (tertiary/aromatic N) is 1. The van der Waals surface area contributed by atoms with Gasteiger partial charge in [0.25, 0.3) is 5.91 Å². The predicted molar refractivity (Wildman–Crippen MR) is 107 cm³/mol. The van der Waals surface area contributed by atoms with Crippen molar-refractivity contribution in [3.63, 3.8) is 0 Å². The number of nitrogens with one attached hydrogen (secondary N) is 1. The van der Waals surface area contributed by atoms with Gasteiger partial charge in [-0.3, -0.25) is 9.69 Å². The van der Waals surface area contributed by atoms with E-state index in [1.54, 1.807) is 12.1 Å². The van der Waals surface area contributed by atoms with Crippen LogP contribution in [-0.4, -0.2) is 50.8 Å². The summed E-state index contributed by atoms with van der Waals surface area (Å²) in [5.74, 6) is 0.131. The summed E-state index contributed by atoms with van der Waals surface area (Å²) in [6, 6.07) is 12.9. The van der Waals surface area contributed by atoms with Gasteiger partial charge in [-0.05, 0) is 17.7 Å². The number of carbonyl (C=O) groups excluding carboxylic acids is 1. The number of morpholine rings is 1. The van der Waals surface area contributed by atoms with Crippen molar-refractivity contribution in [2.75, 3.05) is 40.0 Å². The number of hydrogen-bond acceptors (Lipinski definition) is 4. The molecule has 1 heterocycles. The van der Waals surface area contributed by atoms with Gasteiger partial charge in [0.05, 0.1) is 36.4 Å². The Labute approximate surface area is 169 Å². The molecule has 1 saturated heterocycles. The van der Waals surface area contributed by atoms with Crippen molar-refractivity contribution in [2.24, 2.45) is 0 Å². The molecule has 1 aliphatic heterocycles. The zero-order valence-corrected chi connectivity index (χ0v) is 16.6. The van der Waals surface area contributed by atoms with Crippen molar-refractivity contribution < 1.29 is 14.3 Å². The van der Waals surface area contributed by atoms with Crippen LogP contribution in [0.15, 0.2) is 42.5 Å². The molecular formula is C20H22Cl2N2O3. The van der Waals surface area contributed by atoms with E-state index in [1.807, 2.05) is 30.3 Å². The SMILES string of the molecule is COc1c(Cl)cc(C(=O)N[C@@H](CN2CCOCC2)c2ccccc2)cc1Cl. The standard InChI is InChI=1S/C20H22Cl2N2O3/c1-26-19-16(21)11-15(12-17(19)22)20(25)23-18(14-5-3-2-4-6-14)13-24-7-9-27-10-8-24/h2-6,11-12,18H,7-10,13H2,1H3,(H,23,25)/t18-/m0/s1. The van der Waals surface area contributed by atoms with Crippen molar-refractivity contribution in [1.82, 2.24) is 10.2 Å². The summed E-state index contributed by atoms with van der Waals surface area (Å²) in [4.78, 5) is 15.1.